The van der Waals surface area contributed by atoms with Crippen LogP contribution in [0.2, 0.25) is 0 Å². The largest absolute Gasteiger partial charge is 0.478 e. The smallest absolute Gasteiger partial charge is 0.328 e. The number of carboxylic acid groups (broad SMARTS) is 1. The molecule has 0 fully saturated rings. The number of carbonyl (C=O) groups is 1. The van der Waals surface area contributed by atoms with Gasteiger partial charge in [0, 0.05) is 17.2 Å². The molecule has 0 amide bonds. The van der Waals surface area contributed by atoms with Crippen molar-refractivity contribution in [2.24, 2.45) is 0 Å². The van der Waals surface area contributed by atoms with E-state index in [4.69, 9.17) is 10.1 Å². The molecule has 1 aromatic carbocycles. The minimum Gasteiger partial charge on any atom is -0.478 e. The summed E-state index contributed by atoms with van der Waals surface area (Å²) < 4.78 is 0. The maximum Gasteiger partial charge on any atom is 0.328 e. The average Bonchev–Trinajstić information content (AvgIpc) is 2.43. The van der Waals surface area contributed by atoms with Crippen LogP contribution in [0.1, 0.15) is 56.4 Å². The Morgan fingerprint density at radius 3 is 2.48 bits per heavy atom. The van der Waals surface area contributed by atoms with Crippen LogP contribution in [0.4, 0.5) is 0 Å². The van der Waals surface area contributed by atoms with Gasteiger partial charge in [0.1, 0.15) is 0 Å². The Hall–Kier alpha value is -2.16. The van der Waals surface area contributed by atoms with Crippen LogP contribution in [-0.4, -0.2) is 16.1 Å². The summed E-state index contributed by atoms with van der Waals surface area (Å²) in [6.45, 7) is 8.48. The molecule has 0 saturated carbocycles. The molecule has 21 heavy (non-hydrogen) atoms. The fourth-order valence-corrected chi connectivity index (χ4v) is 2.38. The highest BCUT2D eigenvalue weighted by atomic mass is 16.4. The van der Waals surface area contributed by atoms with Gasteiger partial charge in [0.25, 0.3) is 0 Å². The van der Waals surface area contributed by atoms with Crippen molar-refractivity contribution < 1.29 is 9.90 Å². The third-order valence-electron chi connectivity index (χ3n) is 3.54. The molecule has 0 spiro atoms. The van der Waals surface area contributed by atoms with Crippen molar-refractivity contribution in [3.8, 4) is 0 Å². The molecule has 1 aromatic heterocycles. The Morgan fingerprint density at radius 2 is 1.90 bits per heavy atom. The summed E-state index contributed by atoms with van der Waals surface area (Å²) >= 11 is 0. The average molecular weight is 283 g/mol. The van der Waals surface area contributed by atoms with E-state index < -0.39 is 5.97 Å². The van der Waals surface area contributed by atoms with Gasteiger partial charge in [-0.25, -0.2) is 4.79 Å². The molecule has 3 nitrogen and oxygen atoms in total. The van der Waals surface area contributed by atoms with E-state index in [1.807, 2.05) is 18.2 Å². The molecular formula is C18H21NO2. The first kappa shape index (κ1) is 15.2. The zero-order valence-electron chi connectivity index (χ0n) is 12.9. The molecule has 110 valence electrons. The first-order valence-electron chi connectivity index (χ1n) is 7.24. The second-order valence-electron chi connectivity index (χ2n) is 5.86. The molecular weight excluding hydrogens is 262 g/mol. The minimum absolute atomic E-state index is 0.298. The predicted octanol–water partition coefficient (Wildman–Crippen LogP) is 4.58. The number of nitrogens with zero attached hydrogens (tertiary/aromatic N) is 1. The predicted molar refractivity (Wildman–Crippen MR) is 86.6 cm³/mol. The van der Waals surface area contributed by atoms with E-state index >= 15 is 0 Å². The highest BCUT2D eigenvalue weighted by molar-refractivity contribution is 5.94. The van der Waals surface area contributed by atoms with Crippen LogP contribution in [0, 0.1) is 0 Å². The fraction of sp³-hybridized carbons (Fsp3) is 0.333. The summed E-state index contributed by atoms with van der Waals surface area (Å²) in [4.78, 5) is 15.6. The van der Waals surface area contributed by atoms with E-state index in [0.717, 1.165) is 22.2 Å². The summed E-state index contributed by atoms with van der Waals surface area (Å²) in [5.74, 6) is -0.266. The van der Waals surface area contributed by atoms with Gasteiger partial charge in [0.2, 0.25) is 0 Å². The first-order valence-corrected chi connectivity index (χ1v) is 7.24. The zero-order chi connectivity index (χ0) is 15.6. The van der Waals surface area contributed by atoms with Crippen molar-refractivity contribution >= 4 is 22.9 Å². The summed E-state index contributed by atoms with van der Waals surface area (Å²) in [5, 5.41) is 9.87. The van der Waals surface area contributed by atoms with E-state index in [9.17, 15) is 4.79 Å². The molecule has 0 aliphatic carbocycles. The third-order valence-corrected chi connectivity index (χ3v) is 3.54. The van der Waals surface area contributed by atoms with Gasteiger partial charge in [-0.2, -0.15) is 0 Å². The maximum absolute atomic E-state index is 10.8. The number of carboxylic acids is 1. The van der Waals surface area contributed by atoms with Gasteiger partial charge < -0.3 is 5.11 Å². The van der Waals surface area contributed by atoms with Crippen LogP contribution in [-0.2, 0) is 4.79 Å². The first-order chi connectivity index (χ1) is 9.90. The number of rotatable bonds is 4. The Morgan fingerprint density at radius 1 is 1.19 bits per heavy atom. The number of fused-ring (bicyclic) bond motifs is 1. The molecule has 2 aromatic rings. The molecule has 0 atom stereocenters. The number of pyridine rings is 1. The van der Waals surface area contributed by atoms with Crippen molar-refractivity contribution in [3.63, 3.8) is 0 Å². The van der Waals surface area contributed by atoms with Crippen LogP contribution < -0.4 is 0 Å². The molecule has 1 heterocycles. The number of aromatic nitrogens is 1. The van der Waals surface area contributed by atoms with Crippen molar-refractivity contribution in [2.75, 3.05) is 0 Å². The Labute approximate surface area is 125 Å². The second kappa shape index (κ2) is 6.08. The van der Waals surface area contributed by atoms with Crippen molar-refractivity contribution in [3.05, 3.63) is 47.2 Å². The monoisotopic (exact) mass is 283 g/mol. The van der Waals surface area contributed by atoms with Gasteiger partial charge in [-0.3, -0.25) is 4.98 Å². The standard InChI is InChI=1S/C18H21NO2/c1-11(2)14-6-5-7-15-13(8-9-17(20)21)10-16(12(3)4)19-18(14)15/h5-12H,1-4H3,(H,20,21)/b9-8+. The van der Waals surface area contributed by atoms with Gasteiger partial charge in [-0.1, -0.05) is 45.9 Å². The molecule has 0 unspecified atom stereocenters. The van der Waals surface area contributed by atoms with E-state index in [1.54, 1.807) is 6.08 Å². The molecule has 0 aliphatic heterocycles. The van der Waals surface area contributed by atoms with Crippen LogP contribution in [0.3, 0.4) is 0 Å². The summed E-state index contributed by atoms with van der Waals surface area (Å²) in [7, 11) is 0. The number of aliphatic carboxylic acids is 1. The van der Waals surface area contributed by atoms with Crippen molar-refractivity contribution in [1.29, 1.82) is 0 Å². The molecule has 0 aliphatic rings. The lowest BCUT2D eigenvalue weighted by Gasteiger charge is -2.14. The van der Waals surface area contributed by atoms with Crippen LogP contribution in [0.5, 0.6) is 0 Å². The van der Waals surface area contributed by atoms with Gasteiger partial charge in [0.15, 0.2) is 0 Å². The van der Waals surface area contributed by atoms with Crippen molar-refractivity contribution in [1.82, 2.24) is 4.98 Å². The van der Waals surface area contributed by atoms with Crippen LogP contribution >= 0.6 is 0 Å². The van der Waals surface area contributed by atoms with Crippen LogP contribution in [0.25, 0.3) is 17.0 Å². The lowest BCUT2D eigenvalue weighted by molar-refractivity contribution is -0.131. The molecule has 0 radical (unpaired) electrons. The van der Waals surface area contributed by atoms with E-state index in [-0.39, 0.29) is 0 Å². The summed E-state index contributed by atoms with van der Waals surface area (Å²) in [6.07, 6.45) is 2.84. The van der Waals surface area contributed by atoms with Crippen molar-refractivity contribution in [2.45, 2.75) is 39.5 Å². The normalized spacial score (nSPS) is 11.9. The second-order valence-corrected chi connectivity index (χ2v) is 5.86. The van der Waals surface area contributed by atoms with Gasteiger partial charge in [-0.05, 0) is 35.1 Å². The van der Waals surface area contributed by atoms with E-state index in [1.165, 1.54) is 11.6 Å². The topological polar surface area (TPSA) is 50.2 Å². The molecule has 2 rings (SSSR count). The van der Waals surface area contributed by atoms with Crippen LogP contribution in [0.15, 0.2) is 30.3 Å². The SMILES string of the molecule is CC(C)c1cc(/C=C/C(=O)O)c2cccc(C(C)C)c2n1. The lowest BCUT2D eigenvalue weighted by Crippen LogP contribution is -1.99. The number of hydrogen-bond acceptors (Lipinski definition) is 2. The maximum atomic E-state index is 10.8. The summed E-state index contributed by atoms with van der Waals surface area (Å²) in [5.41, 5.74) is 4.07. The Kier molecular flexibility index (Phi) is 4.41. The van der Waals surface area contributed by atoms with Gasteiger partial charge in [-0.15, -0.1) is 0 Å². The van der Waals surface area contributed by atoms with E-state index in [2.05, 4.69) is 33.8 Å². The molecule has 0 saturated heterocycles. The van der Waals surface area contributed by atoms with Gasteiger partial charge in [0.05, 0.1) is 5.52 Å². The number of benzene rings is 1. The molecule has 1 N–H and O–H groups in total. The zero-order valence-corrected chi connectivity index (χ0v) is 12.9. The van der Waals surface area contributed by atoms with Gasteiger partial charge >= 0.3 is 5.97 Å². The fourth-order valence-electron chi connectivity index (χ4n) is 2.38. The Balaban J connectivity index is 2.77. The van der Waals surface area contributed by atoms with E-state index in [0.29, 0.717) is 11.8 Å². The summed E-state index contributed by atoms with van der Waals surface area (Å²) in [6, 6.07) is 8.08. The molecule has 3 heteroatoms. The third kappa shape index (κ3) is 3.30. The highest BCUT2D eigenvalue weighted by Crippen LogP contribution is 2.29. The quantitative estimate of drug-likeness (QED) is 0.835. The number of para-hydroxylation sites is 1. The minimum atomic E-state index is -0.939. The highest BCUT2D eigenvalue weighted by Gasteiger charge is 2.12. The lowest BCUT2D eigenvalue weighted by atomic mass is 9.95. The molecule has 0 bridgehead atoms. The number of hydrogen-bond donors (Lipinski definition) is 1. The Bertz CT molecular complexity index is 700.